The summed E-state index contributed by atoms with van der Waals surface area (Å²) in [6.07, 6.45) is 2.36. The van der Waals surface area contributed by atoms with E-state index < -0.39 is 0 Å². The standard InChI is InChI=1S/C14H18N4O/c19-14(16-9-10-4-3-7-15-8-10)13-11-5-1-2-6-12(11)17-18-13/h1-2,5-6,10,15H,3-4,7-9H2,(H,16,19)(H,17,18). The zero-order valence-corrected chi connectivity index (χ0v) is 10.8. The number of piperidine rings is 1. The zero-order chi connectivity index (χ0) is 13.1. The minimum Gasteiger partial charge on any atom is -0.350 e. The average molecular weight is 258 g/mol. The lowest BCUT2D eigenvalue weighted by molar-refractivity contribution is 0.0941. The summed E-state index contributed by atoms with van der Waals surface area (Å²) in [4.78, 5) is 12.1. The maximum Gasteiger partial charge on any atom is 0.272 e. The summed E-state index contributed by atoms with van der Waals surface area (Å²) in [6, 6.07) is 7.68. The predicted molar refractivity (Wildman–Crippen MR) is 74.0 cm³/mol. The van der Waals surface area contributed by atoms with Crippen LogP contribution in [-0.4, -0.2) is 35.7 Å². The first-order valence-corrected chi connectivity index (χ1v) is 6.76. The Balaban J connectivity index is 1.66. The fourth-order valence-electron chi connectivity index (χ4n) is 2.56. The number of amides is 1. The summed E-state index contributed by atoms with van der Waals surface area (Å²) in [5.41, 5.74) is 1.38. The van der Waals surface area contributed by atoms with Crippen LogP contribution in [0.4, 0.5) is 0 Å². The molecule has 0 aliphatic carbocycles. The number of H-pyrrole nitrogens is 1. The van der Waals surface area contributed by atoms with E-state index >= 15 is 0 Å². The molecule has 100 valence electrons. The molecule has 1 unspecified atom stereocenters. The lowest BCUT2D eigenvalue weighted by atomic mass is 10.00. The number of hydrogen-bond acceptors (Lipinski definition) is 3. The molecule has 19 heavy (non-hydrogen) atoms. The average Bonchev–Trinajstić information content (AvgIpc) is 2.90. The molecule has 1 aliphatic rings. The van der Waals surface area contributed by atoms with Crippen molar-refractivity contribution in [3.8, 4) is 0 Å². The third-order valence-electron chi connectivity index (χ3n) is 3.64. The van der Waals surface area contributed by atoms with Crippen LogP contribution in [0.15, 0.2) is 24.3 Å². The number of fused-ring (bicyclic) bond motifs is 1. The number of carbonyl (C=O) groups excluding carboxylic acids is 1. The Bertz CT molecular complexity index is 572. The molecule has 2 heterocycles. The van der Waals surface area contributed by atoms with Gasteiger partial charge in [0.15, 0.2) is 5.69 Å². The largest absolute Gasteiger partial charge is 0.350 e. The molecule has 1 aliphatic heterocycles. The lowest BCUT2D eigenvalue weighted by Gasteiger charge is -2.22. The number of nitrogens with one attached hydrogen (secondary N) is 3. The van der Waals surface area contributed by atoms with Gasteiger partial charge < -0.3 is 10.6 Å². The number of aromatic amines is 1. The molecule has 1 atom stereocenters. The minimum absolute atomic E-state index is 0.0944. The molecule has 1 fully saturated rings. The number of aromatic nitrogens is 2. The Hall–Kier alpha value is -1.88. The maximum absolute atomic E-state index is 12.1. The second kappa shape index (κ2) is 5.40. The van der Waals surface area contributed by atoms with Crippen LogP contribution < -0.4 is 10.6 Å². The first-order chi connectivity index (χ1) is 9.34. The number of carbonyl (C=O) groups is 1. The summed E-state index contributed by atoms with van der Waals surface area (Å²) in [6.45, 7) is 2.79. The van der Waals surface area contributed by atoms with Crippen molar-refractivity contribution in [1.29, 1.82) is 0 Å². The van der Waals surface area contributed by atoms with E-state index in [1.165, 1.54) is 12.8 Å². The molecule has 0 spiro atoms. The van der Waals surface area contributed by atoms with Crippen molar-refractivity contribution >= 4 is 16.8 Å². The molecule has 5 nitrogen and oxygen atoms in total. The minimum atomic E-state index is -0.0944. The van der Waals surface area contributed by atoms with E-state index in [1.54, 1.807) is 0 Å². The Morgan fingerprint density at radius 2 is 2.32 bits per heavy atom. The van der Waals surface area contributed by atoms with Crippen molar-refractivity contribution in [2.75, 3.05) is 19.6 Å². The van der Waals surface area contributed by atoms with Crippen LogP contribution in [0.3, 0.4) is 0 Å². The van der Waals surface area contributed by atoms with Crippen LogP contribution in [0, 0.1) is 5.92 Å². The van der Waals surface area contributed by atoms with Crippen LogP contribution in [0.2, 0.25) is 0 Å². The van der Waals surface area contributed by atoms with Gasteiger partial charge in [-0.15, -0.1) is 0 Å². The third-order valence-corrected chi connectivity index (χ3v) is 3.64. The number of benzene rings is 1. The highest BCUT2D eigenvalue weighted by molar-refractivity contribution is 6.04. The summed E-state index contributed by atoms with van der Waals surface area (Å²) in [5, 5.41) is 14.2. The van der Waals surface area contributed by atoms with Crippen molar-refractivity contribution in [2.45, 2.75) is 12.8 Å². The molecule has 2 aromatic rings. The predicted octanol–water partition coefficient (Wildman–Crippen LogP) is 1.29. The highest BCUT2D eigenvalue weighted by atomic mass is 16.1. The van der Waals surface area contributed by atoms with Gasteiger partial charge in [0, 0.05) is 11.9 Å². The Labute approximate surface area is 111 Å². The molecular formula is C14H18N4O. The van der Waals surface area contributed by atoms with Gasteiger partial charge in [-0.05, 0) is 37.9 Å². The van der Waals surface area contributed by atoms with Gasteiger partial charge in [0.1, 0.15) is 0 Å². The van der Waals surface area contributed by atoms with Crippen LogP contribution in [0.25, 0.3) is 10.9 Å². The summed E-state index contributed by atoms with van der Waals surface area (Å²) >= 11 is 0. The van der Waals surface area contributed by atoms with Crippen LogP contribution in [-0.2, 0) is 0 Å². The number of para-hydroxylation sites is 1. The van der Waals surface area contributed by atoms with Gasteiger partial charge in [0.25, 0.3) is 5.91 Å². The molecule has 0 bridgehead atoms. The van der Waals surface area contributed by atoms with Crippen molar-refractivity contribution in [2.24, 2.45) is 5.92 Å². The Morgan fingerprint density at radius 3 is 3.16 bits per heavy atom. The van der Waals surface area contributed by atoms with Gasteiger partial charge in [-0.2, -0.15) is 5.10 Å². The van der Waals surface area contributed by atoms with Gasteiger partial charge in [-0.3, -0.25) is 9.89 Å². The van der Waals surface area contributed by atoms with Crippen LogP contribution in [0.5, 0.6) is 0 Å². The monoisotopic (exact) mass is 258 g/mol. The second-order valence-electron chi connectivity index (χ2n) is 5.04. The highest BCUT2D eigenvalue weighted by Crippen LogP contribution is 2.15. The molecule has 1 amide bonds. The number of nitrogens with zero attached hydrogens (tertiary/aromatic N) is 1. The van der Waals surface area contributed by atoms with Crippen molar-refractivity contribution in [3.05, 3.63) is 30.0 Å². The van der Waals surface area contributed by atoms with E-state index in [2.05, 4.69) is 20.8 Å². The summed E-state index contributed by atoms with van der Waals surface area (Å²) < 4.78 is 0. The quantitative estimate of drug-likeness (QED) is 0.777. The molecule has 1 saturated heterocycles. The van der Waals surface area contributed by atoms with Gasteiger partial charge in [0.2, 0.25) is 0 Å². The lowest BCUT2D eigenvalue weighted by Crippen LogP contribution is -2.38. The highest BCUT2D eigenvalue weighted by Gasteiger charge is 2.17. The molecule has 1 aromatic carbocycles. The fraction of sp³-hybridized carbons (Fsp3) is 0.429. The van der Waals surface area contributed by atoms with Gasteiger partial charge in [-0.1, -0.05) is 18.2 Å². The number of rotatable bonds is 3. The van der Waals surface area contributed by atoms with E-state index in [9.17, 15) is 4.79 Å². The topological polar surface area (TPSA) is 69.8 Å². The van der Waals surface area contributed by atoms with Crippen molar-refractivity contribution < 1.29 is 4.79 Å². The molecule has 5 heteroatoms. The van der Waals surface area contributed by atoms with E-state index in [4.69, 9.17) is 0 Å². The van der Waals surface area contributed by atoms with Gasteiger partial charge in [-0.25, -0.2) is 0 Å². The second-order valence-corrected chi connectivity index (χ2v) is 5.04. The molecule has 0 saturated carbocycles. The first-order valence-electron chi connectivity index (χ1n) is 6.76. The Morgan fingerprint density at radius 1 is 1.42 bits per heavy atom. The van der Waals surface area contributed by atoms with Crippen molar-refractivity contribution in [3.63, 3.8) is 0 Å². The van der Waals surface area contributed by atoms with Crippen molar-refractivity contribution in [1.82, 2.24) is 20.8 Å². The van der Waals surface area contributed by atoms with E-state index in [1.807, 2.05) is 24.3 Å². The normalized spacial score (nSPS) is 19.5. The third kappa shape index (κ3) is 2.61. The van der Waals surface area contributed by atoms with E-state index in [0.29, 0.717) is 18.2 Å². The maximum atomic E-state index is 12.1. The van der Waals surface area contributed by atoms with Crippen LogP contribution >= 0.6 is 0 Å². The SMILES string of the molecule is O=C(NCC1CCCNC1)c1n[nH]c2ccccc12. The molecule has 0 radical (unpaired) electrons. The molecular weight excluding hydrogens is 240 g/mol. The zero-order valence-electron chi connectivity index (χ0n) is 10.8. The molecule has 3 rings (SSSR count). The summed E-state index contributed by atoms with van der Waals surface area (Å²) in [5.74, 6) is 0.436. The van der Waals surface area contributed by atoms with E-state index in [-0.39, 0.29) is 5.91 Å². The first kappa shape index (κ1) is 12.2. The van der Waals surface area contributed by atoms with Gasteiger partial charge >= 0.3 is 0 Å². The Kier molecular flexibility index (Phi) is 3.46. The van der Waals surface area contributed by atoms with Crippen LogP contribution in [0.1, 0.15) is 23.3 Å². The van der Waals surface area contributed by atoms with Gasteiger partial charge in [0.05, 0.1) is 5.52 Å². The number of hydrogen-bond donors (Lipinski definition) is 3. The molecule has 1 aromatic heterocycles. The molecule has 3 N–H and O–H groups in total. The van der Waals surface area contributed by atoms with E-state index in [0.717, 1.165) is 24.0 Å². The fourth-order valence-corrected chi connectivity index (χ4v) is 2.56. The smallest absolute Gasteiger partial charge is 0.272 e. The summed E-state index contributed by atoms with van der Waals surface area (Å²) in [7, 11) is 0.